The van der Waals surface area contributed by atoms with Crippen LogP contribution >= 0.6 is 11.6 Å². The van der Waals surface area contributed by atoms with Crippen LogP contribution in [0.5, 0.6) is 0 Å². The van der Waals surface area contributed by atoms with E-state index in [1.54, 1.807) is 0 Å². The van der Waals surface area contributed by atoms with Crippen molar-refractivity contribution in [2.75, 3.05) is 27.3 Å². The van der Waals surface area contributed by atoms with Crippen molar-refractivity contribution < 1.29 is 4.74 Å². The van der Waals surface area contributed by atoms with E-state index in [2.05, 4.69) is 38.1 Å². The van der Waals surface area contributed by atoms with Gasteiger partial charge in [0.2, 0.25) is 0 Å². The van der Waals surface area contributed by atoms with Gasteiger partial charge in [-0.25, -0.2) is 0 Å². The zero-order valence-electron chi connectivity index (χ0n) is 14.3. The van der Waals surface area contributed by atoms with E-state index >= 15 is 0 Å². The Hall–Kier alpha value is -0.570. The maximum Gasteiger partial charge on any atom is 0.0466 e. The van der Waals surface area contributed by atoms with Gasteiger partial charge in [0.15, 0.2) is 0 Å². The first kappa shape index (κ1) is 17.8. The molecule has 1 saturated carbocycles. The Balaban J connectivity index is 2.05. The van der Waals surface area contributed by atoms with E-state index in [1.807, 2.05) is 12.1 Å². The molecule has 1 fully saturated rings. The summed E-state index contributed by atoms with van der Waals surface area (Å²) < 4.78 is 5.66. The number of halogens is 1. The summed E-state index contributed by atoms with van der Waals surface area (Å²) in [5.74, 6) is 0. The standard InChI is InChI=1S/C19H30ClNO/c1-4-14-22-15-5-7-18(21(2)3)19(12-6-13-19)16-8-10-17(20)11-9-16/h8-11,18H,4-7,12-15H2,1-3H3. The van der Waals surface area contributed by atoms with Gasteiger partial charge in [-0.05, 0) is 63.9 Å². The molecule has 1 atom stereocenters. The Bertz CT molecular complexity index is 439. The third kappa shape index (κ3) is 4.04. The maximum atomic E-state index is 6.07. The van der Waals surface area contributed by atoms with Crippen LogP contribution in [0.4, 0.5) is 0 Å². The van der Waals surface area contributed by atoms with E-state index in [9.17, 15) is 0 Å². The highest BCUT2D eigenvalue weighted by molar-refractivity contribution is 6.30. The van der Waals surface area contributed by atoms with Gasteiger partial charge < -0.3 is 9.64 Å². The molecule has 0 aliphatic heterocycles. The zero-order chi connectivity index (χ0) is 16.0. The minimum atomic E-state index is 0.304. The predicted molar refractivity (Wildman–Crippen MR) is 94.8 cm³/mol. The Morgan fingerprint density at radius 3 is 2.36 bits per heavy atom. The molecule has 0 saturated heterocycles. The molecule has 0 heterocycles. The summed E-state index contributed by atoms with van der Waals surface area (Å²) in [6.45, 7) is 3.93. The number of rotatable bonds is 9. The van der Waals surface area contributed by atoms with E-state index in [0.29, 0.717) is 11.5 Å². The third-order valence-electron chi connectivity index (χ3n) is 5.04. The van der Waals surface area contributed by atoms with Gasteiger partial charge in [0.25, 0.3) is 0 Å². The van der Waals surface area contributed by atoms with Crippen molar-refractivity contribution in [3.05, 3.63) is 34.9 Å². The highest BCUT2D eigenvalue weighted by Gasteiger charge is 2.45. The van der Waals surface area contributed by atoms with Crippen molar-refractivity contribution >= 4 is 11.6 Å². The van der Waals surface area contributed by atoms with E-state index < -0.39 is 0 Å². The van der Waals surface area contributed by atoms with Crippen LogP contribution in [0.2, 0.25) is 5.02 Å². The molecule has 3 heteroatoms. The lowest BCUT2D eigenvalue weighted by molar-refractivity contribution is 0.0730. The van der Waals surface area contributed by atoms with Gasteiger partial charge in [0.05, 0.1) is 0 Å². The summed E-state index contributed by atoms with van der Waals surface area (Å²) >= 11 is 6.07. The molecular weight excluding hydrogens is 294 g/mol. The zero-order valence-corrected chi connectivity index (χ0v) is 15.0. The second kappa shape index (κ2) is 8.33. The molecule has 1 aromatic rings. The molecule has 0 aromatic heterocycles. The Labute approximate surface area is 140 Å². The quantitative estimate of drug-likeness (QED) is 0.599. The highest BCUT2D eigenvalue weighted by atomic mass is 35.5. The van der Waals surface area contributed by atoms with Crippen molar-refractivity contribution in [1.29, 1.82) is 0 Å². The summed E-state index contributed by atoms with van der Waals surface area (Å²) in [5.41, 5.74) is 1.76. The fraction of sp³-hybridized carbons (Fsp3) is 0.684. The molecule has 1 aliphatic rings. The predicted octanol–water partition coefficient (Wildman–Crippen LogP) is 4.90. The molecule has 1 aliphatic carbocycles. The summed E-state index contributed by atoms with van der Waals surface area (Å²) in [4.78, 5) is 2.41. The summed E-state index contributed by atoms with van der Waals surface area (Å²) in [5, 5.41) is 0.826. The van der Waals surface area contributed by atoms with Gasteiger partial charge in [-0.1, -0.05) is 37.1 Å². The Kier molecular flexibility index (Phi) is 6.73. The van der Waals surface area contributed by atoms with Gasteiger partial charge in [-0.2, -0.15) is 0 Å². The van der Waals surface area contributed by atoms with Gasteiger partial charge >= 0.3 is 0 Å². The lowest BCUT2D eigenvalue weighted by Crippen LogP contribution is -2.52. The van der Waals surface area contributed by atoms with E-state index in [0.717, 1.165) is 31.1 Å². The molecule has 22 heavy (non-hydrogen) atoms. The van der Waals surface area contributed by atoms with E-state index in [1.165, 1.54) is 31.2 Å². The molecule has 1 aromatic carbocycles. The van der Waals surface area contributed by atoms with Gasteiger partial charge in [-0.3, -0.25) is 0 Å². The number of hydrogen-bond acceptors (Lipinski definition) is 2. The fourth-order valence-electron chi connectivity index (χ4n) is 3.81. The lowest BCUT2D eigenvalue weighted by atomic mass is 9.59. The normalized spacial score (nSPS) is 18.2. The van der Waals surface area contributed by atoms with Crippen LogP contribution in [0.15, 0.2) is 24.3 Å². The van der Waals surface area contributed by atoms with Crippen molar-refractivity contribution in [1.82, 2.24) is 4.90 Å². The highest BCUT2D eigenvalue weighted by Crippen LogP contribution is 2.49. The minimum absolute atomic E-state index is 0.304. The molecule has 1 unspecified atom stereocenters. The SMILES string of the molecule is CCCOCCCC(N(C)C)C1(c2ccc(Cl)cc2)CCC1. The van der Waals surface area contributed by atoms with Gasteiger partial charge in [0.1, 0.15) is 0 Å². The molecule has 0 bridgehead atoms. The first-order valence-corrected chi connectivity index (χ1v) is 8.98. The number of hydrogen-bond donors (Lipinski definition) is 0. The van der Waals surface area contributed by atoms with Crippen LogP contribution in [0.25, 0.3) is 0 Å². The van der Waals surface area contributed by atoms with Crippen molar-refractivity contribution in [2.24, 2.45) is 0 Å². The van der Waals surface area contributed by atoms with E-state index in [4.69, 9.17) is 16.3 Å². The van der Waals surface area contributed by atoms with Crippen LogP contribution in [0.1, 0.15) is 51.0 Å². The molecular formula is C19H30ClNO. The third-order valence-corrected chi connectivity index (χ3v) is 5.29. The summed E-state index contributed by atoms with van der Waals surface area (Å²) in [7, 11) is 4.43. The van der Waals surface area contributed by atoms with E-state index in [-0.39, 0.29) is 0 Å². The van der Waals surface area contributed by atoms with Crippen LogP contribution in [-0.2, 0) is 10.2 Å². The lowest BCUT2D eigenvalue weighted by Gasteiger charge is -2.51. The minimum Gasteiger partial charge on any atom is -0.381 e. The molecule has 124 valence electrons. The van der Waals surface area contributed by atoms with Crippen molar-refractivity contribution in [2.45, 2.75) is 56.9 Å². The fourth-order valence-corrected chi connectivity index (χ4v) is 3.93. The summed E-state index contributed by atoms with van der Waals surface area (Å²) in [6.07, 6.45) is 7.34. The monoisotopic (exact) mass is 323 g/mol. The smallest absolute Gasteiger partial charge is 0.0466 e. The van der Waals surface area contributed by atoms with Gasteiger partial charge in [-0.15, -0.1) is 0 Å². The van der Waals surface area contributed by atoms with Crippen LogP contribution in [-0.4, -0.2) is 38.3 Å². The first-order valence-electron chi connectivity index (χ1n) is 8.60. The first-order chi connectivity index (χ1) is 10.6. The molecule has 2 rings (SSSR count). The molecule has 2 nitrogen and oxygen atoms in total. The number of likely N-dealkylation sites (N-methyl/N-ethyl adjacent to an activating group) is 1. The molecule has 0 N–H and O–H groups in total. The molecule has 0 radical (unpaired) electrons. The van der Waals surface area contributed by atoms with Crippen LogP contribution in [0.3, 0.4) is 0 Å². The topological polar surface area (TPSA) is 12.5 Å². The average Bonchev–Trinajstić information content (AvgIpc) is 2.45. The van der Waals surface area contributed by atoms with Gasteiger partial charge in [0, 0.05) is 29.7 Å². The Morgan fingerprint density at radius 2 is 1.86 bits per heavy atom. The molecule has 0 amide bonds. The van der Waals surface area contributed by atoms with Crippen LogP contribution < -0.4 is 0 Å². The maximum absolute atomic E-state index is 6.07. The summed E-state index contributed by atoms with van der Waals surface area (Å²) in [6, 6.07) is 9.10. The van der Waals surface area contributed by atoms with Crippen molar-refractivity contribution in [3.63, 3.8) is 0 Å². The number of nitrogens with zero attached hydrogens (tertiary/aromatic N) is 1. The second-order valence-electron chi connectivity index (χ2n) is 6.75. The average molecular weight is 324 g/mol. The largest absolute Gasteiger partial charge is 0.381 e. The Morgan fingerprint density at radius 1 is 1.18 bits per heavy atom. The number of benzene rings is 1. The van der Waals surface area contributed by atoms with Crippen molar-refractivity contribution in [3.8, 4) is 0 Å². The number of ether oxygens (including phenoxy) is 1. The second-order valence-corrected chi connectivity index (χ2v) is 7.19. The van der Waals surface area contributed by atoms with Crippen LogP contribution in [0, 0.1) is 0 Å². The molecule has 0 spiro atoms.